The van der Waals surface area contributed by atoms with Crippen molar-refractivity contribution < 1.29 is 9.53 Å². The van der Waals surface area contributed by atoms with Gasteiger partial charge in [0.2, 0.25) is 5.91 Å². The average Bonchev–Trinajstić information content (AvgIpc) is 3.25. The minimum Gasteiger partial charge on any atom is -0.457 e. The van der Waals surface area contributed by atoms with Crippen LogP contribution in [0.25, 0.3) is 22.3 Å². The molecule has 0 spiro atoms. The Kier molecular flexibility index (Phi) is 5.96. The van der Waals surface area contributed by atoms with Crippen LogP contribution in [0, 0.1) is 0 Å². The number of nitrogens with one attached hydrogen (secondary N) is 1. The Balaban J connectivity index is 1.38. The molecule has 2 aromatic heterocycles. The van der Waals surface area contributed by atoms with Crippen LogP contribution in [0.4, 0.5) is 17.2 Å². The molecule has 2 heterocycles. The van der Waals surface area contributed by atoms with Crippen LogP contribution in [0.15, 0.2) is 85.2 Å². The summed E-state index contributed by atoms with van der Waals surface area (Å²) in [5.74, 6) is 1.59. The number of rotatable bonds is 7. The second-order valence-electron chi connectivity index (χ2n) is 7.85. The third-order valence-corrected chi connectivity index (χ3v) is 5.45. The van der Waals surface area contributed by atoms with E-state index < -0.39 is 0 Å². The molecule has 0 aliphatic heterocycles. The second kappa shape index (κ2) is 9.52. The van der Waals surface area contributed by atoms with Gasteiger partial charge in [-0.1, -0.05) is 30.3 Å². The van der Waals surface area contributed by atoms with Gasteiger partial charge in [0.05, 0.1) is 23.3 Å². The number of nitrogens with zero attached hydrogens (tertiary/aromatic N) is 4. The van der Waals surface area contributed by atoms with Crippen LogP contribution in [-0.2, 0) is 11.3 Å². The number of aromatic nitrogens is 4. The van der Waals surface area contributed by atoms with Crippen molar-refractivity contribution in [2.75, 3.05) is 16.8 Å². The number of fused-ring (bicyclic) bond motifs is 1. The number of hydrogen-bond acceptors (Lipinski definition) is 7. The number of nitrogens with two attached hydrogens (primary N) is 2. The molecule has 0 unspecified atom stereocenters. The third kappa shape index (κ3) is 4.74. The molecule has 0 aliphatic carbocycles. The van der Waals surface area contributed by atoms with E-state index in [-0.39, 0.29) is 12.3 Å². The van der Waals surface area contributed by atoms with Gasteiger partial charge in [0.15, 0.2) is 5.65 Å². The zero-order valence-electron chi connectivity index (χ0n) is 18.8. The van der Waals surface area contributed by atoms with Crippen LogP contribution >= 0.6 is 0 Å². The van der Waals surface area contributed by atoms with Gasteiger partial charge in [-0.05, 0) is 48.5 Å². The summed E-state index contributed by atoms with van der Waals surface area (Å²) in [6.45, 7) is 0.306. The van der Waals surface area contributed by atoms with Gasteiger partial charge in [-0.25, -0.2) is 14.6 Å². The summed E-state index contributed by atoms with van der Waals surface area (Å²) in [6, 6.07) is 24.2. The van der Waals surface area contributed by atoms with Crippen molar-refractivity contribution in [1.82, 2.24) is 19.7 Å². The molecule has 9 heteroatoms. The van der Waals surface area contributed by atoms with Crippen LogP contribution in [0.1, 0.15) is 6.42 Å². The molecule has 0 fully saturated rings. The van der Waals surface area contributed by atoms with E-state index in [1.807, 2.05) is 66.7 Å². The molecule has 0 saturated carbocycles. The maximum absolute atomic E-state index is 12.5. The maximum Gasteiger partial charge on any atom is 0.226 e. The van der Waals surface area contributed by atoms with Gasteiger partial charge in [0.25, 0.3) is 0 Å². The van der Waals surface area contributed by atoms with E-state index in [9.17, 15) is 4.79 Å². The molecule has 0 radical (unpaired) electrons. The summed E-state index contributed by atoms with van der Waals surface area (Å²) in [4.78, 5) is 21.0. The maximum atomic E-state index is 12.5. The zero-order valence-corrected chi connectivity index (χ0v) is 18.8. The predicted octanol–water partition coefficient (Wildman–Crippen LogP) is 4.48. The molecule has 3 aromatic carbocycles. The lowest BCUT2D eigenvalue weighted by Gasteiger charge is -2.08. The number of carbonyl (C=O) groups excluding carboxylic acids is 1. The molecule has 174 valence electrons. The van der Waals surface area contributed by atoms with Crippen molar-refractivity contribution in [2.45, 2.75) is 13.0 Å². The van der Waals surface area contributed by atoms with Gasteiger partial charge in [0, 0.05) is 12.0 Å². The van der Waals surface area contributed by atoms with Crippen LogP contribution in [0.5, 0.6) is 11.5 Å². The number of benzene rings is 3. The molecule has 5 rings (SSSR count). The molecule has 0 saturated heterocycles. The molecule has 9 nitrogen and oxygen atoms in total. The van der Waals surface area contributed by atoms with E-state index in [0.717, 1.165) is 11.3 Å². The molecular weight excluding hydrogens is 442 g/mol. The van der Waals surface area contributed by atoms with Crippen molar-refractivity contribution >= 4 is 34.1 Å². The fraction of sp³-hybridized carbons (Fsp3) is 0.0769. The van der Waals surface area contributed by atoms with E-state index in [1.165, 1.54) is 6.33 Å². The lowest BCUT2D eigenvalue weighted by atomic mass is 10.1. The SMILES string of the molecule is Nc1ccccc1NC(=O)CCn1nc(-c2ccc(Oc3ccccc3)cc2)c2c(N)ncnc21. The molecule has 0 atom stereocenters. The first-order valence-corrected chi connectivity index (χ1v) is 11.0. The number of para-hydroxylation sites is 3. The largest absolute Gasteiger partial charge is 0.457 e. The first kappa shape index (κ1) is 21.9. The molecule has 0 bridgehead atoms. The Morgan fingerprint density at radius 3 is 2.37 bits per heavy atom. The van der Waals surface area contributed by atoms with Crippen molar-refractivity contribution in [3.05, 3.63) is 85.2 Å². The lowest BCUT2D eigenvalue weighted by molar-refractivity contribution is -0.116. The van der Waals surface area contributed by atoms with Gasteiger partial charge in [-0.3, -0.25) is 4.79 Å². The van der Waals surface area contributed by atoms with Crippen LogP contribution in [0.3, 0.4) is 0 Å². The van der Waals surface area contributed by atoms with E-state index in [4.69, 9.17) is 21.3 Å². The summed E-state index contributed by atoms with van der Waals surface area (Å²) in [5.41, 5.74) is 15.2. The number of aryl methyl sites for hydroxylation is 1. The normalized spacial score (nSPS) is 10.9. The Morgan fingerprint density at radius 1 is 0.886 bits per heavy atom. The monoisotopic (exact) mass is 465 g/mol. The Hall–Kier alpha value is -4.92. The zero-order chi connectivity index (χ0) is 24.2. The smallest absolute Gasteiger partial charge is 0.226 e. The standard InChI is InChI=1S/C26H23N7O2/c27-20-8-4-5-9-21(20)31-22(34)14-15-33-26-23(25(28)29-16-30-26)24(32-33)17-10-12-19(13-11-17)35-18-6-2-1-3-7-18/h1-13,16H,14-15,27H2,(H,31,34)(H2,28,29,30). The highest BCUT2D eigenvalue weighted by molar-refractivity contribution is 5.98. The Bertz CT molecular complexity index is 1480. The average molecular weight is 466 g/mol. The highest BCUT2D eigenvalue weighted by atomic mass is 16.5. The first-order chi connectivity index (χ1) is 17.1. The van der Waals surface area contributed by atoms with Crippen molar-refractivity contribution in [3.63, 3.8) is 0 Å². The van der Waals surface area contributed by atoms with Crippen LogP contribution in [0.2, 0.25) is 0 Å². The van der Waals surface area contributed by atoms with Gasteiger partial charge in [0.1, 0.15) is 29.3 Å². The van der Waals surface area contributed by atoms with Gasteiger partial charge < -0.3 is 21.5 Å². The predicted molar refractivity (Wildman–Crippen MR) is 136 cm³/mol. The molecule has 35 heavy (non-hydrogen) atoms. The fourth-order valence-electron chi connectivity index (χ4n) is 3.72. The Labute approximate surface area is 201 Å². The van der Waals surface area contributed by atoms with Crippen molar-refractivity contribution in [2.24, 2.45) is 0 Å². The fourth-order valence-corrected chi connectivity index (χ4v) is 3.72. The lowest BCUT2D eigenvalue weighted by Crippen LogP contribution is -2.16. The van der Waals surface area contributed by atoms with Crippen LogP contribution < -0.4 is 21.5 Å². The summed E-state index contributed by atoms with van der Waals surface area (Å²) in [7, 11) is 0. The van der Waals surface area contributed by atoms with Gasteiger partial charge >= 0.3 is 0 Å². The van der Waals surface area contributed by atoms with Crippen LogP contribution in [-0.4, -0.2) is 25.7 Å². The highest BCUT2D eigenvalue weighted by Crippen LogP contribution is 2.32. The summed E-state index contributed by atoms with van der Waals surface area (Å²) < 4.78 is 7.55. The molecule has 1 amide bonds. The summed E-state index contributed by atoms with van der Waals surface area (Å²) in [5, 5.41) is 8.18. The third-order valence-electron chi connectivity index (χ3n) is 5.45. The van der Waals surface area contributed by atoms with Crippen molar-refractivity contribution in [1.29, 1.82) is 0 Å². The quantitative estimate of drug-likeness (QED) is 0.302. The number of anilines is 3. The summed E-state index contributed by atoms with van der Waals surface area (Å²) >= 11 is 0. The van der Waals surface area contributed by atoms with E-state index in [1.54, 1.807) is 16.8 Å². The topological polar surface area (TPSA) is 134 Å². The minimum absolute atomic E-state index is 0.179. The summed E-state index contributed by atoms with van der Waals surface area (Å²) in [6.07, 6.45) is 1.57. The number of ether oxygens (including phenoxy) is 1. The number of amides is 1. The van der Waals surface area contributed by atoms with Crippen molar-refractivity contribution in [3.8, 4) is 22.8 Å². The Morgan fingerprint density at radius 2 is 1.60 bits per heavy atom. The van der Waals surface area contributed by atoms with Gasteiger partial charge in [-0.15, -0.1) is 0 Å². The second-order valence-corrected chi connectivity index (χ2v) is 7.85. The minimum atomic E-state index is -0.183. The van der Waals surface area contributed by atoms with Gasteiger partial charge in [-0.2, -0.15) is 5.10 Å². The number of hydrogen-bond donors (Lipinski definition) is 3. The molecule has 5 N–H and O–H groups in total. The molecule has 0 aliphatic rings. The first-order valence-electron chi connectivity index (χ1n) is 11.0. The van der Waals surface area contributed by atoms with E-state index >= 15 is 0 Å². The highest BCUT2D eigenvalue weighted by Gasteiger charge is 2.18. The molecule has 5 aromatic rings. The number of nitrogen functional groups attached to an aromatic ring is 2. The molecular formula is C26H23N7O2. The van der Waals surface area contributed by atoms with E-state index in [2.05, 4.69) is 15.3 Å². The van der Waals surface area contributed by atoms with E-state index in [0.29, 0.717) is 46.2 Å². The number of carbonyl (C=O) groups is 1.